The van der Waals surface area contributed by atoms with Crippen molar-refractivity contribution in [3.05, 3.63) is 18.0 Å². The third-order valence-corrected chi connectivity index (χ3v) is 3.15. The summed E-state index contributed by atoms with van der Waals surface area (Å²) in [6, 6.07) is 0.299. The summed E-state index contributed by atoms with van der Waals surface area (Å²) in [6.07, 6.45) is 4.82. The lowest BCUT2D eigenvalue weighted by molar-refractivity contribution is 0.204. The molecule has 0 aromatic carbocycles. The van der Waals surface area contributed by atoms with Gasteiger partial charge in [-0.15, -0.1) is 0 Å². The summed E-state index contributed by atoms with van der Waals surface area (Å²) in [4.78, 5) is 0. The summed E-state index contributed by atoms with van der Waals surface area (Å²) in [5.74, 6) is 0. The Labute approximate surface area is 104 Å². The van der Waals surface area contributed by atoms with Crippen LogP contribution < -0.4 is 5.32 Å². The van der Waals surface area contributed by atoms with E-state index in [1.165, 1.54) is 5.56 Å². The molecule has 0 aliphatic carbocycles. The average molecular weight is 239 g/mol. The predicted molar refractivity (Wildman–Crippen MR) is 69.8 cm³/mol. The Kier molecular flexibility index (Phi) is 5.15. The van der Waals surface area contributed by atoms with Crippen LogP contribution in [-0.4, -0.2) is 28.0 Å². The van der Waals surface area contributed by atoms with Crippen LogP contribution in [0, 0.1) is 5.41 Å². The van der Waals surface area contributed by atoms with Gasteiger partial charge in [-0.1, -0.05) is 13.8 Å². The summed E-state index contributed by atoms with van der Waals surface area (Å²) >= 11 is 0. The third-order valence-electron chi connectivity index (χ3n) is 3.15. The Bertz CT molecular complexity index is 333. The largest absolute Gasteiger partial charge is 0.396 e. The van der Waals surface area contributed by atoms with E-state index in [-0.39, 0.29) is 12.0 Å². The molecule has 1 rings (SSSR count). The molecule has 0 bridgehead atoms. The van der Waals surface area contributed by atoms with Crippen LogP contribution in [0.3, 0.4) is 0 Å². The first-order chi connectivity index (χ1) is 7.98. The van der Waals surface area contributed by atoms with Crippen molar-refractivity contribution < 1.29 is 5.11 Å². The van der Waals surface area contributed by atoms with E-state index in [0.717, 1.165) is 19.5 Å². The number of nitrogens with zero attached hydrogens (tertiary/aromatic N) is 2. The molecule has 0 aliphatic rings. The van der Waals surface area contributed by atoms with Gasteiger partial charge in [0.15, 0.2) is 0 Å². The van der Waals surface area contributed by atoms with E-state index in [1.807, 2.05) is 10.9 Å². The monoisotopic (exact) mass is 239 g/mol. The van der Waals surface area contributed by atoms with Gasteiger partial charge in [-0.2, -0.15) is 5.10 Å². The molecular formula is C13H25N3O. The zero-order valence-corrected chi connectivity index (χ0v) is 11.4. The molecule has 1 aromatic rings. The molecule has 2 N–H and O–H groups in total. The van der Waals surface area contributed by atoms with Gasteiger partial charge in [-0.05, 0) is 25.7 Å². The first-order valence-electron chi connectivity index (χ1n) is 6.35. The molecule has 0 aliphatic heterocycles. The zero-order chi connectivity index (χ0) is 12.9. The smallest absolute Gasteiger partial charge is 0.0537 e. The summed E-state index contributed by atoms with van der Waals surface area (Å²) in [5.41, 5.74) is 1.34. The van der Waals surface area contributed by atoms with Gasteiger partial charge in [-0.25, -0.2) is 0 Å². The van der Waals surface area contributed by atoms with Crippen molar-refractivity contribution in [3.8, 4) is 0 Å². The first-order valence-corrected chi connectivity index (χ1v) is 6.35. The highest BCUT2D eigenvalue weighted by molar-refractivity contribution is 5.09. The molecule has 98 valence electrons. The minimum Gasteiger partial charge on any atom is -0.396 e. The molecule has 1 unspecified atom stereocenters. The van der Waals surface area contributed by atoms with Crippen LogP contribution in [0.1, 0.15) is 45.7 Å². The molecule has 0 saturated carbocycles. The van der Waals surface area contributed by atoms with Crippen molar-refractivity contribution in [1.82, 2.24) is 15.1 Å². The molecule has 1 aromatic heterocycles. The fourth-order valence-electron chi connectivity index (χ4n) is 1.71. The van der Waals surface area contributed by atoms with Gasteiger partial charge in [0.05, 0.1) is 6.20 Å². The molecule has 0 fully saturated rings. The number of nitrogens with one attached hydrogen (secondary N) is 1. The molecule has 4 nitrogen and oxygen atoms in total. The second-order valence-corrected chi connectivity index (χ2v) is 5.37. The van der Waals surface area contributed by atoms with Crippen molar-refractivity contribution in [2.75, 3.05) is 13.2 Å². The summed E-state index contributed by atoms with van der Waals surface area (Å²) in [5, 5.41) is 16.7. The van der Waals surface area contributed by atoms with Crippen molar-refractivity contribution in [3.63, 3.8) is 0 Å². The Morgan fingerprint density at radius 1 is 1.53 bits per heavy atom. The van der Waals surface area contributed by atoms with Crippen molar-refractivity contribution in [2.24, 2.45) is 5.41 Å². The topological polar surface area (TPSA) is 50.1 Å². The summed E-state index contributed by atoms with van der Waals surface area (Å²) in [7, 11) is 0. The van der Waals surface area contributed by atoms with E-state index < -0.39 is 0 Å². The SMILES string of the molecule is CCn1cc(C(C)NCC(C)(C)CCO)cn1. The molecule has 4 heteroatoms. The van der Waals surface area contributed by atoms with Gasteiger partial charge in [0.2, 0.25) is 0 Å². The quantitative estimate of drug-likeness (QED) is 0.765. The number of aliphatic hydroxyl groups is 1. The van der Waals surface area contributed by atoms with Crippen molar-refractivity contribution in [1.29, 1.82) is 0 Å². The molecule has 0 saturated heterocycles. The molecular weight excluding hydrogens is 214 g/mol. The molecule has 0 spiro atoms. The van der Waals surface area contributed by atoms with Gasteiger partial charge in [0.1, 0.15) is 0 Å². The molecule has 17 heavy (non-hydrogen) atoms. The van der Waals surface area contributed by atoms with Crippen LogP contribution in [0.15, 0.2) is 12.4 Å². The number of aromatic nitrogens is 2. The minimum atomic E-state index is 0.129. The lowest BCUT2D eigenvalue weighted by atomic mass is 9.89. The van der Waals surface area contributed by atoms with Crippen LogP contribution in [-0.2, 0) is 6.54 Å². The maximum absolute atomic E-state index is 8.98. The third kappa shape index (κ3) is 4.48. The van der Waals surface area contributed by atoms with Gasteiger partial charge < -0.3 is 10.4 Å². The number of hydrogen-bond acceptors (Lipinski definition) is 3. The Balaban J connectivity index is 2.46. The molecule has 0 radical (unpaired) electrons. The Hall–Kier alpha value is -0.870. The lowest BCUT2D eigenvalue weighted by Gasteiger charge is -2.26. The van der Waals surface area contributed by atoms with E-state index in [1.54, 1.807) is 0 Å². The van der Waals surface area contributed by atoms with Crippen LogP contribution >= 0.6 is 0 Å². The maximum atomic E-state index is 8.98. The highest BCUT2D eigenvalue weighted by Gasteiger charge is 2.18. The standard InChI is InChI=1S/C13H25N3O/c1-5-16-9-12(8-15-16)11(2)14-10-13(3,4)6-7-17/h8-9,11,14,17H,5-7,10H2,1-4H3. The van der Waals surface area contributed by atoms with E-state index in [0.29, 0.717) is 6.04 Å². The van der Waals surface area contributed by atoms with Gasteiger partial charge >= 0.3 is 0 Å². The molecule has 1 heterocycles. The number of hydrogen-bond donors (Lipinski definition) is 2. The summed E-state index contributed by atoms with van der Waals surface area (Å²) in [6.45, 7) is 10.6. The molecule has 0 amide bonds. The zero-order valence-electron chi connectivity index (χ0n) is 11.4. The van der Waals surface area contributed by atoms with E-state index >= 15 is 0 Å². The van der Waals surface area contributed by atoms with E-state index in [9.17, 15) is 0 Å². The molecule has 1 atom stereocenters. The predicted octanol–water partition coefficient (Wildman–Crippen LogP) is 1.96. The van der Waals surface area contributed by atoms with Crippen LogP contribution in [0.5, 0.6) is 0 Å². The Morgan fingerprint density at radius 3 is 2.76 bits per heavy atom. The van der Waals surface area contributed by atoms with Gasteiger partial charge in [0, 0.05) is 37.5 Å². The highest BCUT2D eigenvalue weighted by atomic mass is 16.3. The van der Waals surface area contributed by atoms with Crippen molar-refractivity contribution >= 4 is 0 Å². The second-order valence-electron chi connectivity index (χ2n) is 5.37. The van der Waals surface area contributed by atoms with E-state index in [2.05, 4.69) is 44.3 Å². The van der Waals surface area contributed by atoms with Gasteiger partial charge in [0.25, 0.3) is 0 Å². The maximum Gasteiger partial charge on any atom is 0.0537 e. The van der Waals surface area contributed by atoms with Crippen LogP contribution in [0.2, 0.25) is 0 Å². The van der Waals surface area contributed by atoms with Crippen LogP contribution in [0.4, 0.5) is 0 Å². The second kappa shape index (κ2) is 6.17. The van der Waals surface area contributed by atoms with Crippen LogP contribution in [0.25, 0.3) is 0 Å². The van der Waals surface area contributed by atoms with E-state index in [4.69, 9.17) is 5.11 Å². The summed E-state index contributed by atoms with van der Waals surface area (Å²) < 4.78 is 1.94. The van der Waals surface area contributed by atoms with Crippen molar-refractivity contribution in [2.45, 2.75) is 46.7 Å². The average Bonchev–Trinajstić information content (AvgIpc) is 2.74. The lowest BCUT2D eigenvalue weighted by Crippen LogP contribution is -2.31. The number of rotatable bonds is 7. The number of aliphatic hydroxyl groups excluding tert-OH is 1. The van der Waals surface area contributed by atoms with Gasteiger partial charge in [-0.3, -0.25) is 4.68 Å². The fraction of sp³-hybridized carbons (Fsp3) is 0.769. The number of aryl methyl sites for hydroxylation is 1. The first kappa shape index (κ1) is 14.2. The fourth-order valence-corrected chi connectivity index (χ4v) is 1.71. The Morgan fingerprint density at radius 2 is 2.24 bits per heavy atom. The normalized spacial score (nSPS) is 13.9. The highest BCUT2D eigenvalue weighted by Crippen LogP contribution is 2.20. The minimum absolute atomic E-state index is 0.129.